The quantitative estimate of drug-likeness (QED) is 0.527. The molecular formula is C9H14N6O3S2. The Labute approximate surface area is 119 Å². The number of hydrogen-bond acceptors (Lipinski definition) is 6. The van der Waals surface area contributed by atoms with Crippen molar-refractivity contribution >= 4 is 38.2 Å². The molecule has 0 aliphatic heterocycles. The van der Waals surface area contributed by atoms with Gasteiger partial charge in [-0.2, -0.15) is 0 Å². The summed E-state index contributed by atoms with van der Waals surface area (Å²) >= 11 is 1.33. The largest absolute Gasteiger partial charge is 0.371 e. The normalized spacial score (nSPS) is 11.7. The van der Waals surface area contributed by atoms with Crippen molar-refractivity contribution in [2.75, 3.05) is 25.5 Å². The molecular weight excluding hydrogens is 304 g/mol. The molecule has 0 aliphatic carbocycles. The lowest BCUT2D eigenvalue weighted by atomic mass is 10.6. The zero-order valence-electron chi connectivity index (χ0n) is 10.6. The highest BCUT2D eigenvalue weighted by Gasteiger charge is 2.24. The number of nitrogens with one attached hydrogen (secondary N) is 3. The lowest BCUT2D eigenvalue weighted by Gasteiger charge is -2.07. The number of fused-ring (bicyclic) bond motifs is 1. The van der Waals surface area contributed by atoms with Gasteiger partial charge in [0.15, 0.2) is 15.8 Å². The lowest BCUT2D eigenvalue weighted by molar-refractivity contribution is 0.249. The summed E-state index contributed by atoms with van der Waals surface area (Å²) in [5, 5.41) is 6.83. The Morgan fingerprint density at radius 2 is 2.25 bits per heavy atom. The van der Waals surface area contributed by atoms with Crippen LogP contribution in [0.1, 0.15) is 0 Å². The van der Waals surface area contributed by atoms with Crippen molar-refractivity contribution in [1.29, 1.82) is 0 Å². The molecule has 0 aliphatic rings. The highest BCUT2D eigenvalue weighted by atomic mass is 32.2. The standard InChI is InChI=1S/C9H14N6O3S2/c1-11-6-7(15-4-5-19-9(15)14-6)20(17,18)13-3-2-12-8(10)16/h4-5,11,13H,2-3H2,1H3,(H3,10,12,16). The molecule has 0 saturated carbocycles. The minimum Gasteiger partial charge on any atom is -0.371 e. The van der Waals surface area contributed by atoms with Crippen LogP contribution in [0.2, 0.25) is 0 Å². The first-order valence-corrected chi connectivity index (χ1v) is 7.98. The summed E-state index contributed by atoms with van der Waals surface area (Å²) in [6.07, 6.45) is 1.63. The third-order valence-corrected chi connectivity index (χ3v) is 4.67. The van der Waals surface area contributed by atoms with Crippen molar-refractivity contribution in [2.45, 2.75) is 5.03 Å². The van der Waals surface area contributed by atoms with Crippen molar-refractivity contribution in [2.24, 2.45) is 5.73 Å². The molecule has 5 N–H and O–H groups in total. The van der Waals surface area contributed by atoms with Crippen molar-refractivity contribution in [3.8, 4) is 0 Å². The molecule has 2 rings (SSSR count). The molecule has 0 radical (unpaired) electrons. The molecule has 0 spiro atoms. The van der Waals surface area contributed by atoms with Gasteiger partial charge in [0.2, 0.25) is 0 Å². The first-order chi connectivity index (χ1) is 9.45. The summed E-state index contributed by atoms with van der Waals surface area (Å²) in [6, 6.07) is -0.704. The zero-order valence-corrected chi connectivity index (χ0v) is 12.2. The number of aromatic nitrogens is 2. The van der Waals surface area contributed by atoms with E-state index in [4.69, 9.17) is 5.73 Å². The van der Waals surface area contributed by atoms with E-state index in [0.717, 1.165) is 0 Å². The second-order valence-electron chi connectivity index (χ2n) is 3.76. The summed E-state index contributed by atoms with van der Waals surface area (Å²) in [7, 11) is -2.15. The molecule has 110 valence electrons. The number of hydrogen-bond donors (Lipinski definition) is 4. The Morgan fingerprint density at radius 3 is 2.90 bits per heavy atom. The number of amides is 2. The fourth-order valence-electron chi connectivity index (χ4n) is 1.62. The molecule has 0 unspecified atom stereocenters. The van der Waals surface area contributed by atoms with Gasteiger partial charge in [0, 0.05) is 31.7 Å². The van der Waals surface area contributed by atoms with Crippen molar-refractivity contribution in [3.63, 3.8) is 0 Å². The van der Waals surface area contributed by atoms with Crippen molar-refractivity contribution in [3.05, 3.63) is 11.6 Å². The average Bonchev–Trinajstić information content (AvgIpc) is 2.93. The topological polar surface area (TPSA) is 131 Å². The number of nitrogens with zero attached hydrogens (tertiary/aromatic N) is 2. The van der Waals surface area contributed by atoms with E-state index in [-0.39, 0.29) is 23.9 Å². The van der Waals surface area contributed by atoms with Gasteiger partial charge in [-0.25, -0.2) is 22.9 Å². The number of nitrogens with two attached hydrogens (primary N) is 1. The van der Waals surface area contributed by atoms with Gasteiger partial charge in [0.1, 0.15) is 0 Å². The molecule has 0 fully saturated rings. The Balaban J connectivity index is 2.22. The SMILES string of the molecule is CNc1nc2sccn2c1S(=O)(=O)NCCNC(N)=O. The van der Waals surface area contributed by atoms with Gasteiger partial charge in [-0.1, -0.05) is 0 Å². The fraction of sp³-hybridized carbons (Fsp3) is 0.333. The van der Waals surface area contributed by atoms with Crippen LogP contribution >= 0.6 is 11.3 Å². The maximum Gasteiger partial charge on any atom is 0.312 e. The molecule has 0 atom stereocenters. The number of carbonyl (C=O) groups excluding carboxylic acids is 1. The molecule has 11 heteroatoms. The van der Waals surface area contributed by atoms with Crippen LogP contribution in [0.4, 0.5) is 10.6 Å². The number of thiazole rings is 1. The number of imidazole rings is 1. The van der Waals surface area contributed by atoms with E-state index in [1.54, 1.807) is 18.6 Å². The van der Waals surface area contributed by atoms with Gasteiger partial charge in [0.25, 0.3) is 10.0 Å². The Kier molecular flexibility index (Phi) is 4.11. The first kappa shape index (κ1) is 14.6. The van der Waals surface area contributed by atoms with Crippen molar-refractivity contribution < 1.29 is 13.2 Å². The van der Waals surface area contributed by atoms with Crippen LogP contribution in [-0.2, 0) is 10.0 Å². The number of primary amides is 1. The second-order valence-corrected chi connectivity index (χ2v) is 6.32. The zero-order chi connectivity index (χ0) is 14.8. The molecule has 2 aromatic heterocycles. The molecule has 0 bridgehead atoms. The Morgan fingerprint density at radius 1 is 1.50 bits per heavy atom. The van der Waals surface area contributed by atoms with Crippen LogP contribution in [-0.4, -0.2) is 44.0 Å². The number of sulfonamides is 1. The van der Waals surface area contributed by atoms with E-state index in [1.165, 1.54) is 15.7 Å². The monoisotopic (exact) mass is 318 g/mol. The van der Waals surface area contributed by atoms with Crippen LogP contribution in [0, 0.1) is 0 Å². The third kappa shape index (κ3) is 2.84. The molecule has 20 heavy (non-hydrogen) atoms. The summed E-state index contributed by atoms with van der Waals surface area (Å²) in [5.41, 5.74) is 4.89. The summed E-state index contributed by atoms with van der Waals surface area (Å²) in [6.45, 7) is 0.140. The number of urea groups is 1. The summed E-state index contributed by atoms with van der Waals surface area (Å²) in [5.74, 6) is 0.271. The van der Waals surface area contributed by atoms with Crippen LogP contribution in [0.3, 0.4) is 0 Å². The third-order valence-electron chi connectivity index (χ3n) is 2.43. The van der Waals surface area contributed by atoms with Gasteiger partial charge in [-0.05, 0) is 0 Å². The van der Waals surface area contributed by atoms with E-state index in [0.29, 0.717) is 4.96 Å². The smallest absolute Gasteiger partial charge is 0.312 e. The molecule has 2 amide bonds. The van der Waals surface area contributed by atoms with E-state index >= 15 is 0 Å². The summed E-state index contributed by atoms with van der Waals surface area (Å²) < 4.78 is 28.4. The molecule has 0 aromatic carbocycles. The van der Waals surface area contributed by atoms with Gasteiger partial charge in [-0.15, -0.1) is 11.3 Å². The molecule has 2 aromatic rings. The Bertz CT molecular complexity index is 719. The lowest BCUT2D eigenvalue weighted by Crippen LogP contribution is -2.37. The minimum atomic E-state index is -3.75. The number of carbonyl (C=O) groups is 1. The molecule has 0 saturated heterocycles. The van der Waals surface area contributed by atoms with E-state index in [1.807, 2.05) is 0 Å². The van der Waals surface area contributed by atoms with Gasteiger partial charge in [-0.3, -0.25) is 4.40 Å². The highest BCUT2D eigenvalue weighted by Crippen LogP contribution is 2.24. The molecule has 9 nitrogen and oxygen atoms in total. The number of rotatable bonds is 6. The molecule has 2 heterocycles. The second kappa shape index (κ2) is 5.64. The average molecular weight is 318 g/mol. The van der Waals surface area contributed by atoms with Crippen LogP contribution in [0.15, 0.2) is 16.6 Å². The van der Waals surface area contributed by atoms with Crippen LogP contribution in [0.5, 0.6) is 0 Å². The first-order valence-electron chi connectivity index (χ1n) is 5.62. The highest BCUT2D eigenvalue weighted by molar-refractivity contribution is 7.89. The maximum absolute atomic E-state index is 12.3. The predicted octanol–water partition coefficient (Wildman–Crippen LogP) is -0.616. The van der Waals surface area contributed by atoms with Crippen LogP contribution in [0.25, 0.3) is 4.96 Å². The van der Waals surface area contributed by atoms with Gasteiger partial charge in [0.05, 0.1) is 0 Å². The maximum atomic E-state index is 12.3. The van der Waals surface area contributed by atoms with Gasteiger partial charge < -0.3 is 16.4 Å². The Hall–Kier alpha value is -1.85. The fourth-order valence-corrected chi connectivity index (χ4v) is 3.71. The number of anilines is 1. The van der Waals surface area contributed by atoms with E-state index < -0.39 is 16.1 Å². The summed E-state index contributed by atoms with van der Waals surface area (Å²) in [4.78, 5) is 15.3. The van der Waals surface area contributed by atoms with E-state index in [9.17, 15) is 13.2 Å². The van der Waals surface area contributed by atoms with Crippen LogP contribution < -0.4 is 21.1 Å². The van der Waals surface area contributed by atoms with E-state index in [2.05, 4.69) is 20.3 Å². The minimum absolute atomic E-state index is 0.0335. The van der Waals surface area contributed by atoms with Crippen molar-refractivity contribution in [1.82, 2.24) is 19.4 Å². The van der Waals surface area contributed by atoms with Gasteiger partial charge >= 0.3 is 6.03 Å². The predicted molar refractivity (Wildman–Crippen MR) is 75.4 cm³/mol.